The fourth-order valence-electron chi connectivity index (χ4n) is 3.92. The molecule has 0 saturated heterocycles. The summed E-state index contributed by atoms with van der Waals surface area (Å²) >= 11 is 0. The zero-order valence-corrected chi connectivity index (χ0v) is 20.1. The first-order valence-corrected chi connectivity index (χ1v) is 13.0. The summed E-state index contributed by atoms with van der Waals surface area (Å²) in [7, 11) is 0. The number of carboxylic acid groups (broad SMARTS) is 1. The Kier molecular flexibility index (Phi) is 21.8. The van der Waals surface area contributed by atoms with Crippen molar-refractivity contribution in [2.75, 3.05) is 6.61 Å². The average Bonchev–Trinajstić information content (AvgIpc) is 2.73. The molecule has 178 valence electrons. The molecular formula is C26H50O4. The Morgan fingerprint density at radius 1 is 0.633 bits per heavy atom. The van der Waals surface area contributed by atoms with Crippen molar-refractivity contribution >= 4 is 11.9 Å². The van der Waals surface area contributed by atoms with E-state index >= 15 is 0 Å². The topological polar surface area (TPSA) is 63.6 Å². The standard InChI is InChI=1S/C26H50O4/c1-3-5-7-9-11-12-14-16-20-24(19-15-13-10-8-6-4-2)23-30-26(29)22-18-17-21-25(27)28/h24H,3-23H2,1-2H3,(H,27,28). The van der Waals surface area contributed by atoms with Crippen molar-refractivity contribution in [1.29, 1.82) is 0 Å². The molecule has 0 aliphatic carbocycles. The van der Waals surface area contributed by atoms with Crippen LogP contribution in [0.5, 0.6) is 0 Å². The number of ether oxygens (including phenoxy) is 1. The molecule has 0 rings (SSSR count). The largest absolute Gasteiger partial charge is 0.481 e. The van der Waals surface area contributed by atoms with Crippen LogP contribution in [0.25, 0.3) is 0 Å². The molecule has 0 aromatic rings. The van der Waals surface area contributed by atoms with E-state index in [0.29, 0.717) is 31.8 Å². The lowest BCUT2D eigenvalue weighted by atomic mass is 9.94. The SMILES string of the molecule is CCCCCCCCCCC(CCCCCCCC)COC(=O)CCCCC(=O)O. The Balaban J connectivity index is 4.01. The highest BCUT2D eigenvalue weighted by molar-refractivity contribution is 5.69. The van der Waals surface area contributed by atoms with Crippen LogP contribution in [0.1, 0.15) is 142 Å². The first-order valence-electron chi connectivity index (χ1n) is 13.0. The predicted molar refractivity (Wildman–Crippen MR) is 126 cm³/mol. The molecule has 0 spiro atoms. The van der Waals surface area contributed by atoms with Gasteiger partial charge >= 0.3 is 11.9 Å². The molecule has 30 heavy (non-hydrogen) atoms. The lowest BCUT2D eigenvalue weighted by Crippen LogP contribution is -2.14. The Hall–Kier alpha value is -1.06. The smallest absolute Gasteiger partial charge is 0.305 e. The molecule has 1 atom stereocenters. The van der Waals surface area contributed by atoms with Crippen LogP contribution in [0.3, 0.4) is 0 Å². The minimum Gasteiger partial charge on any atom is -0.481 e. The fraction of sp³-hybridized carbons (Fsp3) is 0.923. The van der Waals surface area contributed by atoms with Crippen molar-refractivity contribution in [3.05, 3.63) is 0 Å². The molecule has 0 amide bonds. The normalized spacial score (nSPS) is 12.1. The van der Waals surface area contributed by atoms with Crippen LogP contribution in [0, 0.1) is 5.92 Å². The van der Waals surface area contributed by atoms with Gasteiger partial charge in [0, 0.05) is 12.8 Å². The summed E-state index contributed by atoms with van der Waals surface area (Å²) in [6.07, 6.45) is 22.4. The number of rotatable bonds is 23. The van der Waals surface area contributed by atoms with E-state index in [1.807, 2.05) is 0 Å². The molecule has 0 aromatic heterocycles. The molecule has 4 nitrogen and oxygen atoms in total. The second-order valence-corrected chi connectivity index (χ2v) is 8.97. The maximum atomic E-state index is 12.0. The van der Waals surface area contributed by atoms with Gasteiger partial charge in [-0.3, -0.25) is 9.59 Å². The van der Waals surface area contributed by atoms with E-state index in [0.717, 1.165) is 12.8 Å². The molecule has 1 unspecified atom stereocenters. The van der Waals surface area contributed by atoms with Crippen LogP contribution in [-0.4, -0.2) is 23.7 Å². The molecule has 4 heteroatoms. The third kappa shape index (κ3) is 21.6. The van der Waals surface area contributed by atoms with Gasteiger partial charge in [0.15, 0.2) is 0 Å². The molecule has 0 fully saturated rings. The highest BCUT2D eigenvalue weighted by atomic mass is 16.5. The second-order valence-electron chi connectivity index (χ2n) is 8.97. The van der Waals surface area contributed by atoms with Gasteiger partial charge in [-0.15, -0.1) is 0 Å². The molecule has 0 aliphatic heterocycles. The summed E-state index contributed by atoms with van der Waals surface area (Å²) < 4.78 is 5.54. The number of carboxylic acids is 1. The molecule has 0 radical (unpaired) electrons. The highest BCUT2D eigenvalue weighted by Gasteiger charge is 2.12. The van der Waals surface area contributed by atoms with Crippen molar-refractivity contribution in [1.82, 2.24) is 0 Å². The molecule has 0 aliphatic rings. The third-order valence-corrected chi connectivity index (χ3v) is 5.93. The van der Waals surface area contributed by atoms with Gasteiger partial charge in [-0.25, -0.2) is 0 Å². The van der Waals surface area contributed by atoms with E-state index in [9.17, 15) is 9.59 Å². The lowest BCUT2D eigenvalue weighted by Gasteiger charge is -2.17. The average molecular weight is 427 g/mol. The number of hydrogen-bond donors (Lipinski definition) is 1. The van der Waals surface area contributed by atoms with Crippen LogP contribution in [0.4, 0.5) is 0 Å². The van der Waals surface area contributed by atoms with Crippen LogP contribution >= 0.6 is 0 Å². The van der Waals surface area contributed by atoms with Crippen molar-refractivity contribution < 1.29 is 19.4 Å². The van der Waals surface area contributed by atoms with Gasteiger partial charge in [0.2, 0.25) is 0 Å². The number of carbonyl (C=O) groups is 2. The highest BCUT2D eigenvalue weighted by Crippen LogP contribution is 2.20. The summed E-state index contributed by atoms with van der Waals surface area (Å²) in [5.41, 5.74) is 0. The van der Waals surface area contributed by atoms with Gasteiger partial charge < -0.3 is 9.84 Å². The Morgan fingerprint density at radius 2 is 1.07 bits per heavy atom. The number of esters is 1. The van der Waals surface area contributed by atoms with Gasteiger partial charge in [0.25, 0.3) is 0 Å². The lowest BCUT2D eigenvalue weighted by molar-refractivity contribution is -0.145. The van der Waals surface area contributed by atoms with E-state index in [2.05, 4.69) is 13.8 Å². The van der Waals surface area contributed by atoms with Crippen LogP contribution < -0.4 is 0 Å². The number of hydrogen-bond acceptors (Lipinski definition) is 3. The summed E-state index contributed by atoms with van der Waals surface area (Å²) in [4.78, 5) is 22.5. The van der Waals surface area contributed by atoms with Crippen LogP contribution in [-0.2, 0) is 14.3 Å². The second kappa shape index (κ2) is 22.6. The minimum absolute atomic E-state index is 0.131. The number of carbonyl (C=O) groups excluding carboxylic acids is 1. The predicted octanol–water partition coefficient (Wildman–Crippen LogP) is 8.07. The van der Waals surface area contributed by atoms with Gasteiger partial charge in [-0.1, -0.05) is 104 Å². The van der Waals surface area contributed by atoms with E-state index in [4.69, 9.17) is 9.84 Å². The van der Waals surface area contributed by atoms with Gasteiger partial charge in [0.1, 0.15) is 0 Å². The quantitative estimate of drug-likeness (QED) is 0.132. The molecule has 0 aromatic carbocycles. The minimum atomic E-state index is -0.798. The van der Waals surface area contributed by atoms with E-state index < -0.39 is 5.97 Å². The zero-order valence-electron chi connectivity index (χ0n) is 20.1. The van der Waals surface area contributed by atoms with Crippen molar-refractivity contribution in [3.8, 4) is 0 Å². The maximum absolute atomic E-state index is 12.0. The van der Waals surface area contributed by atoms with Crippen molar-refractivity contribution in [2.45, 2.75) is 142 Å². The first kappa shape index (κ1) is 28.9. The van der Waals surface area contributed by atoms with Gasteiger partial charge in [-0.05, 0) is 31.6 Å². The molecule has 0 saturated carbocycles. The van der Waals surface area contributed by atoms with Crippen LogP contribution in [0.15, 0.2) is 0 Å². The zero-order chi connectivity index (χ0) is 22.3. The van der Waals surface area contributed by atoms with E-state index in [1.54, 1.807) is 0 Å². The Morgan fingerprint density at radius 3 is 1.53 bits per heavy atom. The van der Waals surface area contributed by atoms with Crippen molar-refractivity contribution in [2.24, 2.45) is 5.92 Å². The van der Waals surface area contributed by atoms with Gasteiger partial charge in [0.05, 0.1) is 6.61 Å². The fourth-order valence-corrected chi connectivity index (χ4v) is 3.92. The number of aliphatic carboxylic acids is 1. The maximum Gasteiger partial charge on any atom is 0.305 e. The Bertz CT molecular complexity index is 394. The summed E-state index contributed by atoms with van der Waals surface area (Å²) in [5, 5.41) is 8.66. The van der Waals surface area contributed by atoms with E-state index in [-0.39, 0.29) is 12.4 Å². The molecule has 1 N–H and O–H groups in total. The number of unbranched alkanes of at least 4 members (excludes halogenated alkanes) is 13. The first-order chi connectivity index (χ1) is 14.6. The van der Waals surface area contributed by atoms with Crippen molar-refractivity contribution in [3.63, 3.8) is 0 Å². The van der Waals surface area contributed by atoms with E-state index in [1.165, 1.54) is 89.9 Å². The molecule has 0 bridgehead atoms. The monoisotopic (exact) mass is 426 g/mol. The summed E-state index contributed by atoms with van der Waals surface area (Å²) in [6, 6.07) is 0. The van der Waals surface area contributed by atoms with Gasteiger partial charge in [-0.2, -0.15) is 0 Å². The molecular weight excluding hydrogens is 376 g/mol. The van der Waals surface area contributed by atoms with Crippen LogP contribution in [0.2, 0.25) is 0 Å². The molecule has 0 heterocycles. The third-order valence-electron chi connectivity index (χ3n) is 5.93. The Labute approximate surface area is 186 Å². The summed E-state index contributed by atoms with van der Waals surface area (Å²) in [6.45, 7) is 5.05. The summed E-state index contributed by atoms with van der Waals surface area (Å²) in [5.74, 6) is -0.476.